The summed E-state index contributed by atoms with van der Waals surface area (Å²) in [5, 5.41) is 0. The van der Waals surface area contributed by atoms with Crippen molar-refractivity contribution in [2.45, 2.75) is 58.1 Å². The minimum absolute atomic E-state index is 0.0445. The van der Waals surface area contributed by atoms with E-state index in [2.05, 4.69) is 4.90 Å². The van der Waals surface area contributed by atoms with Gasteiger partial charge in [0.25, 0.3) is 0 Å². The van der Waals surface area contributed by atoms with Gasteiger partial charge in [-0.15, -0.1) is 0 Å². The molecule has 1 saturated heterocycles. The van der Waals surface area contributed by atoms with E-state index >= 15 is 0 Å². The molecular weight excluding hydrogens is 267 g/mol. The minimum atomic E-state index is -0.371. The van der Waals surface area contributed by atoms with Crippen molar-refractivity contribution < 1.29 is 9.13 Å². The van der Waals surface area contributed by atoms with Crippen LogP contribution in [0.4, 0.5) is 15.8 Å². The Kier molecular flexibility index (Phi) is 3.96. The number of nitrogens with zero attached hydrogens (tertiary/aromatic N) is 1. The van der Waals surface area contributed by atoms with Crippen LogP contribution in [0.5, 0.6) is 5.75 Å². The zero-order valence-corrected chi connectivity index (χ0v) is 12.9. The fourth-order valence-corrected chi connectivity index (χ4v) is 3.86. The summed E-state index contributed by atoms with van der Waals surface area (Å²) in [6.45, 7) is 4.83. The number of nitrogen functional groups attached to an aromatic ring is 1. The van der Waals surface area contributed by atoms with Gasteiger partial charge >= 0.3 is 0 Å². The van der Waals surface area contributed by atoms with Crippen molar-refractivity contribution in [2.24, 2.45) is 5.92 Å². The fraction of sp³-hybridized carbons (Fsp3) is 0.647. The van der Waals surface area contributed by atoms with Gasteiger partial charge in [-0.05, 0) is 39.0 Å². The lowest BCUT2D eigenvalue weighted by Gasteiger charge is -2.34. The Bertz CT molecular complexity index is 518. The highest BCUT2D eigenvalue weighted by molar-refractivity contribution is 5.71. The lowest BCUT2D eigenvalue weighted by Crippen LogP contribution is -2.35. The third-order valence-corrected chi connectivity index (χ3v) is 4.76. The summed E-state index contributed by atoms with van der Waals surface area (Å²) in [5.41, 5.74) is 7.55. The first kappa shape index (κ1) is 14.5. The van der Waals surface area contributed by atoms with Gasteiger partial charge < -0.3 is 15.4 Å². The second-order valence-electron chi connectivity index (χ2n) is 6.60. The fourth-order valence-electron chi connectivity index (χ4n) is 3.86. The summed E-state index contributed by atoms with van der Waals surface area (Å²) < 4.78 is 19.6. The van der Waals surface area contributed by atoms with Crippen LogP contribution in [-0.2, 0) is 0 Å². The van der Waals surface area contributed by atoms with Gasteiger partial charge in [0.2, 0.25) is 0 Å². The van der Waals surface area contributed by atoms with Crippen LogP contribution in [0.3, 0.4) is 0 Å². The Balaban J connectivity index is 1.90. The molecule has 2 fully saturated rings. The highest BCUT2D eigenvalue weighted by atomic mass is 19.1. The van der Waals surface area contributed by atoms with Crippen molar-refractivity contribution in [3.8, 4) is 5.75 Å². The molecule has 3 rings (SSSR count). The molecule has 4 heteroatoms. The SMILES string of the molecule is CC(C)Oc1cc(N2CCC3CCCCC32)c(N)cc1F. The number of anilines is 2. The average molecular weight is 292 g/mol. The molecule has 2 aliphatic rings. The minimum Gasteiger partial charge on any atom is -0.488 e. The summed E-state index contributed by atoms with van der Waals surface area (Å²) in [4.78, 5) is 2.38. The average Bonchev–Trinajstić information content (AvgIpc) is 2.85. The van der Waals surface area contributed by atoms with E-state index in [0.29, 0.717) is 17.5 Å². The van der Waals surface area contributed by atoms with Crippen LogP contribution in [0, 0.1) is 11.7 Å². The van der Waals surface area contributed by atoms with Gasteiger partial charge in [0.1, 0.15) is 0 Å². The molecule has 2 N–H and O–H groups in total. The molecule has 1 aliphatic heterocycles. The highest BCUT2D eigenvalue weighted by Crippen LogP contribution is 2.42. The lowest BCUT2D eigenvalue weighted by molar-refractivity contribution is 0.231. The zero-order chi connectivity index (χ0) is 15.0. The number of halogens is 1. The predicted molar refractivity (Wildman–Crippen MR) is 84.3 cm³/mol. The van der Waals surface area contributed by atoms with E-state index < -0.39 is 0 Å². The van der Waals surface area contributed by atoms with Crippen LogP contribution in [0.1, 0.15) is 46.0 Å². The first-order chi connectivity index (χ1) is 10.1. The highest BCUT2D eigenvalue weighted by Gasteiger charge is 2.36. The molecule has 2 atom stereocenters. The van der Waals surface area contributed by atoms with Crippen molar-refractivity contribution in [3.63, 3.8) is 0 Å². The van der Waals surface area contributed by atoms with E-state index in [4.69, 9.17) is 10.5 Å². The molecule has 116 valence electrons. The number of rotatable bonds is 3. The van der Waals surface area contributed by atoms with Gasteiger partial charge in [0.05, 0.1) is 17.5 Å². The maximum atomic E-state index is 14.0. The standard InChI is InChI=1S/C17H25FN2O/c1-11(2)21-17-10-16(14(19)9-13(17)18)20-8-7-12-5-3-4-6-15(12)20/h9-12,15H,3-8,19H2,1-2H3. The van der Waals surface area contributed by atoms with E-state index in [9.17, 15) is 4.39 Å². The largest absolute Gasteiger partial charge is 0.488 e. The van der Waals surface area contributed by atoms with Gasteiger partial charge in [0, 0.05) is 24.7 Å². The Labute approximate surface area is 126 Å². The van der Waals surface area contributed by atoms with E-state index in [-0.39, 0.29) is 11.9 Å². The molecule has 0 aromatic heterocycles. The monoisotopic (exact) mass is 292 g/mol. The van der Waals surface area contributed by atoms with E-state index in [1.54, 1.807) is 6.07 Å². The second-order valence-corrected chi connectivity index (χ2v) is 6.60. The Morgan fingerprint density at radius 1 is 1.24 bits per heavy atom. The molecule has 1 heterocycles. The van der Waals surface area contributed by atoms with Crippen molar-refractivity contribution in [3.05, 3.63) is 17.9 Å². The smallest absolute Gasteiger partial charge is 0.167 e. The molecule has 1 aromatic rings. The third kappa shape index (κ3) is 2.81. The molecule has 1 aliphatic carbocycles. The Morgan fingerprint density at radius 2 is 2.00 bits per heavy atom. The summed E-state index contributed by atoms with van der Waals surface area (Å²) >= 11 is 0. The number of hydrogen-bond donors (Lipinski definition) is 1. The normalized spacial score (nSPS) is 25.2. The maximum absolute atomic E-state index is 14.0. The summed E-state index contributed by atoms with van der Waals surface area (Å²) in [6, 6.07) is 3.77. The van der Waals surface area contributed by atoms with Gasteiger partial charge in [-0.3, -0.25) is 0 Å². The molecule has 0 spiro atoms. The van der Waals surface area contributed by atoms with Crippen LogP contribution >= 0.6 is 0 Å². The number of ether oxygens (including phenoxy) is 1. The molecule has 0 bridgehead atoms. The first-order valence-corrected chi connectivity index (χ1v) is 8.08. The third-order valence-electron chi connectivity index (χ3n) is 4.76. The van der Waals surface area contributed by atoms with Crippen LogP contribution in [0.2, 0.25) is 0 Å². The summed E-state index contributed by atoms with van der Waals surface area (Å²) in [5.74, 6) is 0.718. The second kappa shape index (κ2) is 5.74. The number of benzene rings is 1. The quantitative estimate of drug-likeness (QED) is 0.857. The summed E-state index contributed by atoms with van der Waals surface area (Å²) in [6.07, 6.45) is 6.35. The molecule has 0 radical (unpaired) electrons. The van der Waals surface area contributed by atoms with Crippen molar-refractivity contribution in [1.82, 2.24) is 0 Å². The predicted octanol–water partition coefficient (Wildman–Crippen LogP) is 3.96. The van der Waals surface area contributed by atoms with E-state index in [0.717, 1.165) is 18.2 Å². The van der Waals surface area contributed by atoms with Crippen LogP contribution in [0.15, 0.2) is 12.1 Å². The molecule has 0 amide bonds. The van der Waals surface area contributed by atoms with Gasteiger partial charge in [0.15, 0.2) is 11.6 Å². The molecule has 1 saturated carbocycles. The molecule has 3 nitrogen and oxygen atoms in total. The Hall–Kier alpha value is -1.45. The maximum Gasteiger partial charge on any atom is 0.167 e. The summed E-state index contributed by atoms with van der Waals surface area (Å²) in [7, 11) is 0. The van der Waals surface area contributed by atoms with Crippen LogP contribution in [0.25, 0.3) is 0 Å². The topological polar surface area (TPSA) is 38.5 Å². The molecular formula is C17H25FN2O. The number of hydrogen-bond acceptors (Lipinski definition) is 3. The van der Waals surface area contributed by atoms with Crippen molar-refractivity contribution >= 4 is 11.4 Å². The van der Waals surface area contributed by atoms with Crippen LogP contribution < -0.4 is 15.4 Å². The van der Waals surface area contributed by atoms with E-state index in [1.807, 2.05) is 13.8 Å². The Morgan fingerprint density at radius 3 is 2.76 bits per heavy atom. The lowest BCUT2D eigenvalue weighted by atomic mass is 9.85. The molecule has 21 heavy (non-hydrogen) atoms. The van der Waals surface area contributed by atoms with Gasteiger partial charge in [-0.1, -0.05) is 12.8 Å². The zero-order valence-electron chi connectivity index (χ0n) is 12.9. The first-order valence-electron chi connectivity index (χ1n) is 8.08. The molecule has 1 aromatic carbocycles. The number of fused-ring (bicyclic) bond motifs is 1. The van der Waals surface area contributed by atoms with E-state index in [1.165, 1.54) is 38.2 Å². The van der Waals surface area contributed by atoms with Crippen LogP contribution in [-0.4, -0.2) is 18.7 Å². The van der Waals surface area contributed by atoms with Crippen molar-refractivity contribution in [2.75, 3.05) is 17.2 Å². The molecule has 2 unspecified atom stereocenters. The number of nitrogens with two attached hydrogens (primary N) is 1. The van der Waals surface area contributed by atoms with Crippen molar-refractivity contribution in [1.29, 1.82) is 0 Å². The van der Waals surface area contributed by atoms with Gasteiger partial charge in [-0.25, -0.2) is 4.39 Å². The van der Waals surface area contributed by atoms with Gasteiger partial charge in [-0.2, -0.15) is 0 Å².